The Hall–Kier alpha value is -0.560. The highest BCUT2D eigenvalue weighted by Gasteiger charge is 2.29. The maximum absolute atomic E-state index is 5.45. The largest absolute Gasteiger partial charge is 0.338 e. The van der Waals surface area contributed by atoms with E-state index in [0.717, 1.165) is 16.7 Å². The number of hydrogen-bond acceptors (Lipinski definition) is 5. The van der Waals surface area contributed by atoms with Crippen LogP contribution in [0.5, 0.6) is 0 Å². The quantitative estimate of drug-likeness (QED) is 0.719. The number of nitrogens with one attached hydrogen (secondary N) is 1. The van der Waals surface area contributed by atoms with Crippen molar-refractivity contribution in [2.24, 2.45) is 0 Å². The molecule has 22 heavy (non-hydrogen) atoms. The molecule has 1 aromatic heterocycles. The van der Waals surface area contributed by atoms with E-state index in [9.17, 15) is 0 Å². The topological polar surface area (TPSA) is 51.0 Å². The lowest BCUT2D eigenvalue weighted by molar-refractivity contribution is 0.349. The van der Waals surface area contributed by atoms with Gasteiger partial charge in [0.15, 0.2) is 5.82 Å². The number of hydrogen-bond donors (Lipinski definition) is 1. The smallest absolute Gasteiger partial charge is 0.242 e. The number of thioether (sulfide) groups is 1. The number of likely N-dealkylation sites (N-methyl/N-ethyl adjacent to an activating group) is 1. The molecular weight excluding hydrogens is 386 g/mol. The molecule has 7 heteroatoms. The zero-order valence-corrected chi connectivity index (χ0v) is 16.3. The Morgan fingerprint density at radius 1 is 1.32 bits per heavy atom. The lowest BCUT2D eigenvalue weighted by Crippen LogP contribution is -2.24. The molecule has 4 nitrogen and oxygen atoms in total. The predicted octanol–water partition coefficient (Wildman–Crippen LogP) is 4.43. The third-order valence-electron chi connectivity index (χ3n) is 3.15. The van der Waals surface area contributed by atoms with Crippen LogP contribution >= 0.6 is 40.1 Å². The van der Waals surface area contributed by atoms with Crippen LogP contribution in [-0.2, 0) is 11.2 Å². The average Bonchev–Trinajstić information content (AvgIpc) is 2.90. The van der Waals surface area contributed by atoms with Crippen molar-refractivity contribution in [2.75, 3.05) is 7.05 Å². The molecule has 0 aliphatic rings. The maximum Gasteiger partial charge on any atom is 0.242 e. The summed E-state index contributed by atoms with van der Waals surface area (Å²) in [5.74, 6) is 1.41. The van der Waals surface area contributed by atoms with E-state index < -0.39 is 0 Å². The second-order valence-corrected chi connectivity index (χ2v) is 8.09. The fourth-order valence-electron chi connectivity index (χ4n) is 1.80. The number of nitrogens with zero attached hydrogens (tertiary/aromatic N) is 2. The molecule has 1 unspecified atom stereocenters. The molecule has 0 aliphatic heterocycles. The van der Waals surface area contributed by atoms with Crippen LogP contribution in [0, 0.1) is 0 Å². The third kappa shape index (κ3) is 5.26. The summed E-state index contributed by atoms with van der Waals surface area (Å²) in [5.41, 5.74) is 0. The molecule has 2 rings (SSSR count). The summed E-state index contributed by atoms with van der Waals surface area (Å²) in [6.45, 7) is 6.29. The van der Waals surface area contributed by atoms with Gasteiger partial charge in [-0.05, 0) is 52.1 Å². The van der Waals surface area contributed by atoms with Crippen LogP contribution in [0.4, 0.5) is 0 Å². The van der Waals surface area contributed by atoms with Gasteiger partial charge in [0.1, 0.15) is 0 Å². The summed E-state index contributed by atoms with van der Waals surface area (Å²) >= 11 is 5.16. The van der Waals surface area contributed by atoms with Gasteiger partial charge in [-0.1, -0.05) is 21.1 Å². The highest BCUT2D eigenvalue weighted by atomic mass is 79.9. The summed E-state index contributed by atoms with van der Waals surface area (Å²) in [5, 5.41) is 7.25. The molecule has 0 amide bonds. The number of benzene rings is 1. The second kappa shape index (κ2) is 8.34. The van der Waals surface area contributed by atoms with Gasteiger partial charge in [-0.3, -0.25) is 0 Å². The zero-order chi connectivity index (χ0) is 15.5. The molecule has 0 aliphatic carbocycles. The van der Waals surface area contributed by atoms with E-state index in [4.69, 9.17) is 4.52 Å². The molecule has 1 N–H and O–H groups in total. The van der Waals surface area contributed by atoms with Gasteiger partial charge in [0.2, 0.25) is 5.89 Å². The predicted molar refractivity (Wildman–Crippen MR) is 96.8 cm³/mol. The van der Waals surface area contributed by atoms with Crippen LogP contribution in [-0.4, -0.2) is 23.2 Å². The molecule has 0 saturated heterocycles. The minimum absolute atomic E-state index is 0. The second-order valence-electron chi connectivity index (χ2n) is 5.48. The first-order valence-electron chi connectivity index (χ1n) is 6.85. The van der Waals surface area contributed by atoms with Crippen LogP contribution in [0.15, 0.2) is 38.2 Å². The van der Waals surface area contributed by atoms with E-state index in [-0.39, 0.29) is 17.2 Å². The van der Waals surface area contributed by atoms with E-state index in [0.29, 0.717) is 11.9 Å². The molecule has 1 aromatic carbocycles. The molecule has 0 bridgehead atoms. The van der Waals surface area contributed by atoms with Crippen molar-refractivity contribution in [3.8, 4) is 0 Å². The Bertz CT molecular complexity index is 589. The maximum atomic E-state index is 5.45. The molecular formula is C15H21BrClN3OS. The van der Waals surface area contributed by atoms with Gasteiger partial charge in [0, 0.05) is 21.8 Å². The first-order valence-corrected chi connectivity index (χ1v) is 8.46. The van der Waals surface area contributed by atoms with Gasteiger partial charge < -0.3 is 9.84 Å². The molecule has 2 aromatic rings. The van der Waals surface area contributed by atoms with Gasteiger partial charge in [-0.25, -0.2) is 0 Å². The Morgan fingerprint density at radius 3 is 2.55 bits per heavy atom. The third-order valence-corrected chi connectivity index (χ3v) is 4.87. The van der Waals surface area contributed by atoms with Crippen molar-refractivity contribution in [2.45, 2.75) is 42.9 Å². The Kier molecular flexibility index (Phi) is 7.38. The lowest BCUT2D eigenvalue weighted by Gasteiger charge is -2.19. The number of aromatic nitrogens is 2. The average molecular weight is 407 g/mol. The molecule has 0 fully saturated rings. The van der Waals surface area contributed by atoms with E-state index >= 15 is 0 Å². The highest BCUT2D eigenvalue weighted by Crippen LogP contribution is 2.40. The first kappa shape index (κ1) is 19.5. The van der Waals surface area contributed by atoms with Crippen molar-refractivity contribution in [1.29, 1.82) is 0 Å². The number of halogens is 2. The molecule has 0 radical (unpaired) electrons. The monoisotopic (exact) mass is 405 g/mol. The van der Waals surface area contributed by atoms with Crippen LogP contribution in [0.1, 0.15) is 32.5 Å². The normalized spacial score (nSPS) is 12.8. The van der Waals surface area contributed by atoms with E-state index in [1.165, 1.54) is 4.90 Å². The van der Waals surface area contributed by atoms with Crippen LogP contribution in [0.3, 0.4) is 0 Å². The molecule has 0 spiro atoms. The summed E-state index contributed by atoms with van der Waals surface area (Å²) in [7, 11) is 1.93. The van der Waals surface area contributed by atoms with E-state index in [2.05, 4.69) is 64.3 Å². The fraction of sp³-hybridized carbons (Fsp3) is 0.467. The molecule has 122 valence electrons. The van der Waals surface area contributed by atoms with Crippen molar-refractivity contribution in [3.63, 3.8) is 0 Å². The molecule has 1 heterocycles. The summed E-state index contributed by atoms with van der Waals surface area (Å²) in [6.07, 6.45) is 0.763. The van der Waals surface area contributed by atoms with Gasteiger partial charge in [0.25, 0.3) is 0 Å². The van der Waals surface area contributed by atoms with Gasteiger partial charge in [-0.15, -0.1) is 24.2 Å². The Morgan fingerprint density at radius 2 is 1.95 bits per heavy atom. The van der Waals surface area contributed by atoms with Crippen LogP contribution in [0.25, 0.3) is 0 Å². The molecule has 0 saturated carbocycles. The minimum atomic E-state index is -0.262. The van der Waals surface area contributed by atoms with Crippen molar-refractivity contribution < 1.29 is 4.52 Å². The summed E-state index contributed by atoms with van der Waals surface area (Å²) < 4.78 is 6.26. The summed E-state index contributed by atoms with van der Waals surface area (Å²) in [6, 6.07) is 8.56. The van der Waals surface area contributed by atoms with Gasteiger partial charge in [-0.2, -0.15) is 4.98 Å². The summed E-state index contributed by atoms with van der Waals surface area (Å²) in [4.78, 5) is 5.71. The standard InChI is InChI=1S/C15H20BrN3OS.ClH/c1-10(17-4)9-13-18-14(20-19-13)15(2,3)21-12-7-5-11(16)6-8-12;/h5-8,10,17H,9H2,1-4H3;1H. The van der Waals surface area contributed by atoms with E-state index in [1.54, 1.807) is 11.8 Å². The highest BCUT2D eigenvalue weighted by molar-refractivity contribution is 9.10. The SMILES string of the molecule is CNC(C)Cc1noc(C(C)(C)Sc2ccc(Br)cc2)n1.Cl. The molecule has 1 atom stereocenters. The minimum Gasteiger partial charge on any atom is -0.338 e. The Balaban J connectivity index is 0.00000242. The van der Waals surface area contributed by atoms with Crippen molar-refractivity contribution in [3.05, 3.63) is 40.5 Å². The van der Waals surface area contributed by atoms with Crippen LogP contribution < -0.4 is 5.32 Å². The Labute approximate surface area is 150 Å². The van der Waals surface area contributed by atoms with Crippen LogP contribution in [0.2, 0.25) is 0 Å². The van der Waals surface area contributed by atoms with Crippen molar-refractivity contribution in [1.82, 2.24) is 15.5 Å². The lowest BCUT2D eigenvalue weighted by atomic mass is 10.2. The first-order chi connectivity index (χ1) is 9.90. The number of rotatable bonds is 6. The van der Waals surface area contributed by atoms with Gasteiger partial charge >= 0.3 is 0 Å². The zero-order valence-electron chi connectivity index (χ0n) is 13.1. The van der Waals surface area contributed by atoms with E-state index in [1.807, 2.05) is 19.2 Å². The van der Waals surface area contributed by atoms with Crippen molar-refractivity contribution >= 4 is 40.1 Å². The van der Waals surface area contributed by atoms with Gasteiger partial charge in [0.05, 0.1) is 4.75 Å². The fourth-order valence-corrected chi connectivity index (χ4v) is 3.09.